The summed E-state index contributed by atoms with van der Waals surface area (Å²) >= 11 is 0. The zero-order chi connectivity index (χ0) is 42.2. The average Bonchev–Trinajstić information content (AvgIpc) is 3.18. The molecule has 3 N–H and O–H groups in total. The Bertz CT molecular complexity index is 1450. The summed E-state index contributed by atoms with van der Waals surface area (Å²) in [4.78, 5) is 57.9. The van der Waals surface area contributed by atoms with Crippen LogP contribution in [0.2, 0.25) is 0 Å². The molecule has 0 aromatic heterocycles. The van der Waals surface area contributed by atoms with Crippen LogP contribution < -0.4 is 0 Å². The summed E-state index contributed by atoms with van der Waals surface area (Å²) in [5.74, 6) is -7.46. The molecule has 57 heavy (non-hydrogen) atoms. The molecule has 4 aliphatic rings. The largest absolute Gasteiger partial charge is 0.456 e. The minimum absolute atomic E-state index is 0.000416. The molecule has 324 valence electrons. The highest BCUT2D eigenvalue weighted by Crippen LogP contribution is 2.39. The number of rotatable bonds is 7. The standard InChI is InChI=1S/C44H71NO12/c1-10-13-31-19-25(2)18-26(3)20-37(54-8)40-38(55-9)22-28(5)44(52,57-40)41(49)42(50)45-17-12-11-14-32(45)43(51)56-39(29(6)34(47)24-35(31)48)27(4)21-30-15-16-33(46)36(23-30)53-7/h19,21,26,28-34,36-40,46-47,52H,10-18,20,22-24H2,1-9H3/b25-19+,27-21+/t26-,28+,29+,30-,31+,32-,33+,34-,36+,37+,38-,39+,40+,44+/m0/s1. The van der Waals surface area contributed by atoms with Crippen molar-refractivity contribution in [1.29, 1.82) is 0 Å². The second-order valence-electron chi connectivity index (χ2n) is 17.5. The smallest absolute Gasteiger partial charge is 0.329 e. The molecular formula is C44H71NO12. The summed E-state index contributed by atoms with van der Waals surface area (Å²) in [7, 11) is 4.64. The van der Waals surface area contributed by atoms with Crippen molar-refractivity contribution in [3.8, 4) is 0 Å². The molecule has 0 radical (unpaired) electrons. The van der Waals surface area contributed by atoms with Gasteiger partial charge < -0.3 is 43.9 Å². The van der Waals surface area contributed by atoms with Crippen LogP contribution in [0.15, 0.2) is 23.3 Å². The van der Waals surface area contributed by atoms with Gasteiger partial charge in [-0.25, -0.2) is 4.79 Å². The van der Waals surface area contributed by atoms with E-state index < -0.39 is 83.9 Å². The lowest BCUT2D eigenvalue weighted by atomic mass is 9.81. The molecule has 1 saturated carbocycles. The van der Waals surface area contributed by atoms with E-state index in [0.717, 1.165) is 12.0 Å². The third-order valence-electron chi connectivity index (χ3n) is 13.1. The topological polar surface area (TPSA) is 178 Å². The van der Waals surface area contributed by atoms with Gasteiger partial charge in [-0.3, -0.25) is 14.4 Å². The van der Waals surface area contributed by atoms with Gasteiger partial charge in [-0.2, -0.15) is 0 Å². The molecule has 2 saturated heterocycles. The number of allylic oxidation sites excluding steroid dienone is 3. The van der Waals surface area contributed by atoms with Crippen LogP contribution >= 0.6 is 0 Å². The van der Waals surface area contributed by atoms with Gasteiger partial charge in [-0.05, 0) is 95.5 Å². The number of aliphatic hydroxyl groups is 3. The maximum atomic E-state index is 14.3. The van der Waals surface area contributed by atoms with Crippen molar-refractivity contribution in [2.45, 2.75) is 173 Å². The number of methoxy groups -OCH3 is 3. The number of hydrogen-bond acceptors (Lipinski definition) is 12. The van der Waals surface area contributed by atoms with Gasteiger partial charge in [-0.15, -0.1) is 0 Å². The lowest BCUT2D eigenvalue weighted by molar-refractivity contribution is -0.302. The highest BCUT2D eigenvalue weighted by Gasteiger charge is 2.56. The minimum atomic E-state index is -2.50. The molecule has 0 spiro atoms. The number of hydrogen-bond donors (Lipinski definition) is 3. The van der Waals surface area contributed by atoms with Gasteiger partial charge in [0, 0.05) is 52.0 Å². The third-order valence-corrected chi connectivity index (χ3v) is 13.1. The van der Waals surface area contributed by atoms with E-state index in [1.54, 1.807) is 21.0 Å². The molecule has 4 rings (SSSR count). The van der Waals surface area contributed by atoms with Crippen LogP contribution in [0.3, 0.4) is 0 Å². The lowest BCUT2D eigenvalue weighted by Crippen LogP contribution is -2.64. The molecule has 0 aromatic rings. The van der Waals surface area contributed by atoms with Gasteiger partial charge in [-0.1, -0.05) is 51.8 Å². The minimum Gasteiger partial charge on any atom is -0.456 e. The first-order valence-corrected chi connectivity index (χ1v) is 21.3. The molecular weight excluding hydrogens is 734 g/mol. The van der Waals surface area contributed by atoms with Gasteiger partial charge in [0.25, 0.3) is 11.7 Å². The number of nitrogens with zero attached hydrogens (tertiary/aromatic N) is 1. The van der Waals surface area contributed by atoms with Crippen molar-refractivity contribution in [2.75, 3.05) is 27.9 Å². The second kappa shape index (κ2) is 21.1. The maximum Gasteiger partial charge on any atom is 0.329 e. The van der Waals surface area contributed by atoms with Crippen LogP contribution in [-0.4, -0.2) is 126 Å². The number of carbonyl (C=O) groups excluding carboxylic acids is 4. The zero-order valence-electron chi connectivity index (χ0n) is 35.8. The molecule has 13 nitrogen and oxygen atoms in total. The molecule has 14 atom stereocenters. The fraction of sp³-hybridized carbons (Fsp3) is 0.818. The molecule has 0 aromatic carbocycles. The second-order valence-corrected chi connectivity index (χ2v) is 17.5. The summed E-state index contributed by atoms with van der Waals surface area (Å²) in [6, 6.07) is -1.13. The highest BCUT2D eigenvalue weighted by molar-refractivity contribution is 6.39. The number of Topliss-reactive ketones (excluding diaryl/α,β-unsaturated/α-hetero) is 2. The number of ketones is 2. The predicted molar refractivity (Wildman–Crippen MR) is 213 cm³/mol. The molecule has 1 amide bonds. The Hall–Kier alpha value is -2.52. The maximum absolute atomic E-state index is 14.3. The van der Waals surface area contributed by atoms with E-state index in [-0.39, 0.29) is 49.5 Å². The summed E-state index contributed by atoms with van der Waals surface area (Å²) in [5.41, 5.74) is 1.67. The van der Waals surface area contributed by atoms with Gasteiger partial charge >= 0.3 is 5.97 Å². The molecule has 3 heterocycles. The number of cyclic esters (lactones) is 1. The van der Waals surface area contributed by atoms with E-state index in [2.05, 4.69) is 6.92 Å². The van der Waals surface area contributed by atoms with Crippen molar-refractivity contribution >= 4 is 23.4 Å². The fourth-order valence-electron chi connectivity index (χ4n) is 9.60. The average molecular weight is 806 g/mol. The summed E-state index contributed by atoms with van der Waals surface area (Å²) in [6.45, 7) is 11.4. The van der Waals surface area contributed by atoms with Crippen LogP contribution in [0.25, 0.3) is 0 Å². The Labute approximate surface area is 339 Å². The molecule has 13 heteroatoms. The summed E-state index contributed by atoms with van der Waals surface area (Å²) in [6.07, 6.45) is 4.60. The number of ether oxygens (including phenoxy) is 5. The van der Waals surface area contributed by atoms with Crippen molar-refractivity contribution in [3.63, 3.8) is 0 Å². The Morgan fingerprint density at radius 3 is 2.23 bits per heavy atom. The number of aliphatic hydroxyl groups excluding tert-OH is 2. The molecule has 3 fully saturated rings. The van der Waals surface area contributed by atoms with E-state index >= 15 is 0 Å². The highest BCUT2D eigenvalue weighted by atomic mass is 16.7. The van der Waals surface area contributed by atoms with E-state index in [9.17, 15) is 34.5 Å². The first-order chi connectivity index (χ1) is 27.0. The fourth-order valence-corrected chi connectivity index (χ4v) is 9.60. The van der Waals surface area contributed by atoms with Gasteiger partial charge in [0.1, 0.15) is 24.0 Å². The van der Waals surface area contributed by atoms with Crippen LogP contribution in [0.1, 0.15) is 119 Å². The zero-order valence-corrected chi connectivity index (χ0v) is 35.8. The number of carbonyl (C=O) groups is 4. The first kappa shape index (κ1) is 47.2. The lowest BCUT2D eigenvalue weighted by Gasteiger charge is -2.47. The van der Waals surface area contributed by atoms with Gasteiger partial charge in [0.2, 0.25) is 5.79 Å². The van der Waals surface area contributed by atoms with Gasteiger partial charge in [0.15, 0.2) is 0 Å². The quantitative estimate of drug-likeness (QED) is 0.181. The number of amides is 1. The summed E-state index contributed by atoms with van der Waals surface area (Å²) in [5, 5.41) is 34.2. The Kier molecular flexibility index (Phi) is 17.5. The number of piperidine rings is 1. The third kappa shape index (κ3) is 11.4. The van der Waals surface area contributed by atoms with Crippen molar-refractivity contribution in [2.24, 2.45) is 29.6 Å². The van der Waals surface area contributed by atoms with Crippen LogP contribution in [-0.2, 0) is 42.9 Å². The van der Waals surface area contributed by atoms with Crippen LogP contribution in [0, 0.1) is 29.6 Å². The van der Waals surface area contributed by atoms with Gasteiger partial charge in [0.05, 0.1) is 30.5 Å². The normalized spacial score (nSPS) is 41.1. The van der Waals surface area contributed by atoms with Crippen LogP contribution in [0.5, 0.6) is 0 Å². The molecule has 2 bridgehead atoms. The number of fused-ring (bicyclic) bond motifs is 3. The summed E-state index contributed by atoms with van der Waals surface area (Å²) < 4.78 is 29.8. The molecule has 1 aliphatic carbocycles. The first-order valence-electron chi connectivity index (χ1n) is 21.3. The van der Waals surface area contributed by atoms with Crippen molar-refractivity contribution in [1.82, 2.24) is 4.90 Å². The SMILES string of the molecule is CCC[C@@H]1/C=C(\C)C[C@H](C)C[C@@H](OC)[C@H]2O[C@@](O)(C(=O)C(=O)N3CCCC[C@H]3C(=O)O[C@H](/C(C)=C/[C@@H]3CC[C@@H](O)[C@H](OC)C3)[C@H](C)[C@@H](O)CC1=O)[C@H](C)C[C@@H]2OC. The predicted octanol–water partition coefficient (Wildman–Crippen LogP) is 4.86. The number of esters is 1. The van der Waals surface area contributed by atoms with E-state index in [1.807, 2.05) is 32.9 Å². The monoisotopic (exact) mass is 805 g/mol. The van der Waals surface area contributed by atoms with Crippen LogP contribution in [0.4, 0.5) is 0 Å². The molecule has 0 unspecified atom stereocenters. The molecule has 3 aliphatic heterocycles. The Morgan fingerprint density at radius 2 is 1.58 bits per heavy atom. The Balaban J connectivity index is 1.77. The Morgan fingerprint density at radius 1 is 0.912 bits per heavy atom. The van der Waals surface area contributed by atoms with Crippen molar-refractivity contribution in [3.05, 3.63) is 23.3 Å². The van der Waals surface area contributed by atoms with E-state index in [4.69, 9.17) is 23.7 Å². The van der Waals surface area contributed by atoms with E-state index in [0.29, 0.717) is 56.9 Å². The van der Waals surface area contributed by atoms with Crippen molar-refractivity contribution < 1.29 is 58.2 Å². The van der Waals surface area contributed by atoms with E-state index in [1.165, 1.54) is 19.1 Å².